The van der Waals surface area contributed by atoms with Crippen molar-refractivity contribution in [1.82, 2.24) is 14.8 Å². The minimum atomic E-state index is 0.183. The van der Waals surface area contributed by atoms with Crippen LogP contribution in [0.1, 0.15) is 22.9 Å². The second-order valence-corrected chi connectivity index (χ2v) is 8.46. The number of pyridine rings is 1. The molecule has 0 saturated carbocycles. The summed E-state index contributed by atoms with van der Waals surface area (Å²) < 4.78 is 6.00. The van der Waals surface area contributed by atoms with E-state index >= 15 is 0 Å². The number of hydrogen-bond acceptors (Lipinski definition) is 5. The number of anilines is 1. The molecule has 0 bridgehead atoms. The topological polar surface area (TPSA) is 31.8 Å². The van der Waals surface area contributed by atoms with E-state index in [4.69, 9.17) is 4.74 Å². The molecule has 5 rings (SSSR count). The fourth-order valence-electron chi connectivity index (χ4n) is 4.47. The zero-order chi connectivity index (χ0) is 20.9. The van der Waals surface area contributed by atoms with Crippen LogP contribution in [0.5, 0.6) is 0 Å². The Morgan fingerprint density at radius 2 is 1.55 bits per heavy atom. The zero-order valence-electron chi connectivity index (χ0n) is 17.9. The first-order chi connectivity index (χ1) is 15.3. The first kappa shape index (κ1) is 20.2. The molecule has 0 spiro atoms. The molecule has 2 aliphatic heterocycles. The summed E-state index contributed by atoms with van der Waals surface area (Å²) in [5.41, 5.74) is 5.08. The Balaban J connectivity index is 1.11. The van der Waals surface area contributed by atoms with Crippen LogP contribution in [0.25, 0.3) is 0 Å². The van der Waals surface area contributed by atoms with Crippen molar-refractivity contribution in [2.75, 3.05) is 44.4 Å². The molecule has 2 aliphatic rings. The van der Waals surface area contributed by atoms with Crippen molar-refractivity contribution in [1.29, 1.82) is 0 Å². The number of piperazine rings is 1. The largest absolute Gasteiger partial charge is 0.369 e. The molecule has 0 N–H and O–H groups in total. The van der Waals surface area contributed by atoms with Gasteiger partial charge in [0.15, 0.2) is 0 Å². The minimum absolute atomic E-state index is 0.183. The van der Waals surface area contributed by atoms with Gasteiger partial charge < -0.3 is 9.64 Å². The van der Waals surface area contributed by atoms with Gasteiger partial charge in [-0.15, -0.1) is 0 Å². The van der Waals surface area contributed by atoms with E-state index < -0.39 is 0 Å². The molecule has 2 aromatic carbocycles. The van der Waals surface area contributed by atoms with Gasteiger partial charge in [0.1, 0.15) is 6.73 Å². The lowest BCUT2D eigenvalue weighted by molar-refractivity contribution is 0.0880. The Hall–Kier alpha value is -2.73. The number of aromatic nitrogens is 1. The monoisotopic (exact) mass is 414 g/mol. The molecule has 160 valence electrons. The normalized spacial score (nSPS) is 20.3. The summed E-state index contributed by atoms with van der Waals surface area (Å²) in [5, 5.41) is 0. The predicted octanol–water partition coefficient (Wildman–Crippen LogP) is 3.93. The van der Waals surface area contributed by atoms with E-state index in [1.165, 1.54) is 16.8 Å². The van der Waals surface area contributed by atoms with E-state index in [1.54, 1.807) is 0 Å². The number of ether oxygens (including phenoxy) is 1. The minimum Gasteiger partial charge on any atom is -0.369 e. The highest BCUT2D eigenvalue weighted by Gasteiger charge is 2.24. The number of benzene rings is 2. The summed E-state index contributed by atoms with van der Waals surface area (Å²) in [6, 6.07) is 25.8. The summed E-state index contributed by atoms with van der Waals surface area (Å²) in [7, 11) is 0. The average Bonchev–Trinajstić information content (AvgIpc) is 3.30. The predicted molar refractivity (Wildman–Crippen MR) is 124 cm³/mol. The quantitative estimate of drug-likeness (QED) is 0.610. The van der Waals surface area contributed by atoms with Gasteiger partial charge >= 0.3 is 0 Å². The molecular weight excluding hydrogens is 384 g/mol. The smallest absolute Gasteiger partial charge is 0.100 e. The zero-order valence-corrected chi connectivity index (χ0v) is 17.9. The van der Waals surface area contributed by atoms with Crippen LogP contribution in [0.4, 0.5) is 5.69 Å². The van der Waals surface area contributed by atoms with Crippen LogP contribution in [0.15, 0.2) is 79.0 Å². The molecule has 3 aromatic rings. The Bertz CT molecular complexity index is 940. The van der Waals surface area contributed by atoms with Crippen LogP contribution in [-0.4, -0.2) is 54.2 Å². The Labute approximate surface area is 184 Å². The highest BCUT2D eigenvalue weighted by atomic mass is 16.5. The molecule has 0 amide bonds. The molecule has 0 aliphatic carbocycles. The van der Waals surface area contributed by atoms with E-state index in [-0.39, 0.29) is 6.10 Å². The number of hydrogen-bond donors (Lipinski definition) is 0. The average molecular weight is 415 g/mol. The van der Waals surface area contributed by atoms with Crippen LogP contribution in [0, 0.1) is 0 Å². The van der Waals surface area contributed by atoms with Crippen molar-refractivity contribution in [3.8, 4) is 0 Å². The van der Waals surface area contributed by atoms with Crippen LogP contribution >= 0.6 is 0 Å². The van der Waals surface area contributed by atoms with Gasteiger partial charge in [0.2, 0.25) is 0 Å². The van der Waals surface area contributed by atoms with Crippen molar-refractivity contribution >= 4 is 5.69 Å². The van der Waals surface area contributed by atoms with Crippen LogP contribution in [0.3, 0.4) is 0 Å². The van der Waals surface area contributed by atoms with Gasteiger partial charge in [-0.1, -0.05) is 48.5 Å². The van der Waals surface area contributed by atoms with Gasteiger partial charge in [0, 0.05) is 57.7 Å². The summed E-state index contributed by atoms with van der Waals surface area (Å²) in [5.74, 6) is 0. The highest BCUT2D eigenvalue weighted by molar-refractivity contribution is 5.48. The summed E-state index contributed by atoms with van der Waals surface area (Å²) >= 11 is 0. The fraction of sp³-hybridized carbons (Fsp3) is 0.346. The third kappa shape index (κ3) is 5.13. The van der Waals surface area contributed by atoms with E-state index in [1.807, 2.05) is 12.3 Å². The van der Waals surface area contributed by atoms with E-state index in [9.17, 15) is 0 Å². The Kier molecular flexibility index (Phi) is 6.25. The van der Waals surface area contributed by atoms with E-state index in [0.717, 1.165) is 51.5 Å². The molecular formula is C26H30N4O. The lowest BCUT2D eigenvalue weighted by atomic mass is 10.1. The van der Waals surface area contributed by atoms with Gasteiger partial charge in [-0.25, -0.2) is 0 Å². The van der Waals surface area contributed by atoms with Gasteiger partial charge in [-0.05, 0) is 35.4 Å². The van der Waals surface area contributed by atoms with Crippen LogP contribution < -0.4 is 4.90 Å². The first-order valence-corrected chi connectivity index (χ1v) is 11.2. The molecule has 3 heterocycles. The molecule has 2 saturated heterocycles. The summed E-state index contributed by atoms with van der Waals surface area (Å²) in [4.78, 5) is 11.8. The summed E-state index contributed by atoms with van der Waals surface area (Å²) in [6.45, 7) is 7.78. The van der Waals surface area contributed by atoms with Crippen molar-refractivity contribution in [2.24, 2.45) is 0 Å². The molecule has 0 radical (unpaired) electrons. The number of rotatable bonds is 6. The maximum Gasteiger partial charge on any atom is 0.100 e. The second kappa shape index (κ2) is 9.60. The SMILES string of the molecule is c1ccc([C@@H]2CN(Cc3ccc(N4CCN(Cc5ccccn5)CC4)cc3)CO2)cc1. The highest BCUT2D eigenvalue weighted by Crippen LogP contribution is 2.26. The van der Waals surface area contributed by atoms with Crippen molar-refractivity contribution in [3.63, 3.8) is 0 Å². The van der Waals surface area contributed by atoms with Gasteiger partial charge in [-0.3, -0.25) is 14.8 Å². The number of nitrogens with zero attached hydrogens (tertiary/aromatic N) is 4. The third-order valence-corrected chi connectivity index (χ3v) is 6.25. The molecule has 1 aromatic heterocycles. The van der Waals surface area contributed by atoms with Crippen LogP contribution in [-0.2, 0) is 17.8 Å². The first-order valence-electron chi connectivity index (χ1n) is 11.2. The molecule has 1 atom stereocenters. The third-order valence-electron chi connectivity index (χ3n) is 6.25. The Morgan fingerprint density at radius 1 is 0.774 bits per heavy atom. The molecule has 0 unspecified atom stereocenters. The molecule has 5 heteroatoms. The summed E-state index contributed by atoms with van der Waals surface area (Å²) in [6.07, 6.45) is 2.06. The van der Waals surface area contributed by atoms with Crippen LogP contribution in [0.2, 0.25) is 0 Å². The second-order valence-electron chi connectivity index (χ2n) is 8.46. The Morgan fingerprint density at radius 3 is 2.29 bits per heavy atom. The molecule has 5 nitrogen and oxygen atoms in total. The van der Waals surface area contributed by atoms with Crippen molar-refractivity contribution in [2.45, 2.75) is 19.2 Å². The maximum absolute atomic E-state index is 6.00. The molecule has 31 heavy (non-hydrogen) atoms. The van der Waals surface area contributed by atoms with Crippen molar-refractivity contribution < 1.29 is 4.74 Å². The van der Waals surface area contributed by atoms with E-state index in [0.29, 0.717) is 6.73 Å². The lowest BCUT2D eigenvalue weighted by Gasteiger charge is -2.36. The molecule has 2 fully saturated rings. The van der Waals surface area contributed by atoms with Gasteiger partial charge in [-0.2, -0.15) is 0 Å². The van der Waals surface area contributed by atoms with Gasteiger partial charge in [0.25, 0.3) is 0 Å². The lowest BCUT2D eigenvalue weighted by Crippen LogP contribution is -2.46. The maximum atomic E-state index is 6.00. The van der Waals surface area contributed by atoms with E-state index in [2.05, 4.69) is 86.4 Å². The van der Waals surface area contributed by atoms with Crippen molar-refractivity contribution in [3.05, 3.63) is 95.8 Å². The van der Waals surface area contributed by atoms with Gasteiger partial charge in [0.05, 0.1) is 11.8 Å². The fourth-order valence-corrected chi connectivity index (χ4v) is 4.47. The standard InChI is InChI=1S/C26H30N4O/c1-2-6-23(7-3-1)26-20-29(21-31-26)18-22-9-11-25(12-10-22)30-16-14-28(15-17-30)19-24-8-4-5-13-27-24/h1-13,26H,14-21H2/t26-/m0/s1.